The lowest BCUT2D eigenvalue weighted by atomic mass is 10.3. The molecule has 2 rings (SSSR count). The molecule has 20 heavy (non-hydrogen) atoms. The zero-order valence-corrected chi connectivity index (χ0v) is 13.0. The Kier molecular flexibility index (Phi) is 5.63. The minimum Gasteiger partial charge on any atom is -0.484 e. The number of amides is 1. The summed E-state index contributed by atoms with van der Waals surface area (Å²) in [5, 5.41) is 11.5. The number of thioether (sulfide) groups is 1. The Bertz CT molecular complexity index is 592. The normalized spacial score (nSPS) is 10.3. The van der Waals surface area contributed by atoms with Crippen LogP contribution < -0.4 is 10.1 Å². The van der Waals surface area contributed by atoms with Crippen molar-refractivity contribution in [3.05, 3.63) is 29.3 Å². The number of hydrogen-bond donors (Lipinski definition) is 1. The van der Waals surface area contributed by atoms with Crippen LogP contribution in [0.3, 0.4) is 0 Å². The fraction of sp³-hybridized carbons (Fsp3) is 0.250. The molecule has 8 heteroatoms. The molecular formula is C12H12ClN3O2S2. The van der Waals surface area contributed by atoms with Crippen LogP contribution in [0.5, 0.6) is 5.75 Å². The van der Waals surface area contributed by atoms with Gasteiger partial charge in [0.15, 0.2) is 10.9 Å². The summed E-state index contributed by atoms with van der Waals surface area (Å²) in [6.45, 7) is 1.93. The number of nitrogens with one attached hydrogen (secondary N) is 1. The number of carbonyl (C=O) groups is 1. The van der Waals surface area contributed by atoms with Gasteiger partial charge >= 0.3 is 0 Å². The molecule has 0 fully saturated rings. The van der Waals surface area contributed by atoms with Gasteiger partial charge in [-0.05, 0) is 24.0 Å². The van der Waals surface area contributed by atoms with Gasteiger partial charge in [0, 0.05) is 5.02 Å². The van der Waals surface area contributed by atoms with E-state index >= 15 is 0 Å². The first-order valence-electron chi connectivity index (χ1n) is 5.82. The molecule has 106 valence electrons. The van der Waals surface area contributed by atoms with E-state index in [1.165, 1.54) is 11.3 Å². The van der Waals surface area contributed by atoms with Crippen LogP contribution in [0.1, 0.15) is 6.92 Å². The highest BCUT2D eigenvalue weighted by Crippen LogP contribution is 2.25. The summed E-state index contributed by atoms with van der Waals surface area (Å²) in [7, 11) is 0. The fourth-order valence-electron chi connectivity index (χ4n) is 1.30. The van der Waals surface area contributed by atoms with Gasteiger partial charge in [-0.25, -0.2) is 0 Å². The SMILES string of the molecule is CCSc1nnc(NC(=O)COc2cccc(Cl)c2)s1. The number of anilines is 1. The summed E-state index contributed by atoms with van der Waals surface area (Å²) in [6.07, 6.45) is 0. The molecule has 0 unspecified atom stereocenters. The van der Waals surface area contributed by atoms with Crippen molar-refractivity contribution < 1.29 is 9.53 Å². The Morgan fingerprint density at radius 1 is 1.50 bits per heavy atom. The van der Waals surface area contributed by atoms with E-state index in [2.05, 4.69) is 15.5 Å². The predicted octanol–water partition coefficient (Wildman–Crippen LogP) is 3.32. The summed E-state index contributed by atoms with van der Waals surface area (Å²) in [6, 6.07) is 6.88. The molecule has 0 aliphatic heterocycles. The average Bonchev–Trinajstić information content (AvgIpc) is 2.84. The minimum absolute atomic E-state index is 0.101. The molecule has 1 amide bonds. The summed E-state index contributed by atoms with van der Waals surface area (Å²) in [5.74, 6) is 1.18. The van der Waals surface area contributed by atoms with Crippen molar-refractivity contribution in [3.8, 4) is 5.75 Å². The molecule has 0 aliphatic carbocycles. The first kappa shape index (κ1) is 15.1. The molecule has 1 heterocycles. The van der Waals surface area contributed by atoms with Crippen LogP contribution in [-0.4, -0.2) is 28.5 Å². The molecule has 0 spiro atoms. The van der Waals surface area contributed by atoms with E-state index in [1.807, 2.05) is 6.92 Å². The van der Waals surface area contributed by atoms with Gasteiger partial charge in [-0.15, -0.1) is 10.2 Å². The molecule has 5 nitrogen and oxygen atoms in total. The second-order valence-electron chi connectivity index (χ2n) is 3.60. The molecule has 1 N–H and O–H groups in total. The maximum atomic E-state index is 11.7. The number of nitrogens with zero attached hydrogens (tertiary/aromatic N) is 2. The third-order valence-corrected chi connectivity index (χ3v) is 4.18. The third kappa shape index (κ3) is 4.66. The van der Waals surface area contributed by atoms with Crippen molar-refractivity contribution in [2.75, 3.05) is 17.7 Å². The Labute approximate surface area is 129 Å². The largest absolute Gasteiger partial charge is 0.484 e. The zero-order chi connectivity index (χ0) is 14.4. The number of carbonyl (C=O) groups excluding carboxylic acids is 1. The number of halogens is 1. The van der Waals surface area contributed by atoms with Gasteiger partial charge in [0.25, 0.3) is 5.91 Å². The third-order valence-electron chi connectivity index (χ3n) is 2.09. The van der Waals surface area contributed by atoms with Gasteiger partial charge in [0.05, 0.1) is 0 Å². The summed E-state index contributed by atoms with van der Waals surface area (Å²) >= 11 is 8.75. The standard InChI is InChI=1S/C12H12ClN3O2S2/c1-2-19-12-16-15-11(20-12)14-10(17)7-18-9-5-3-4-8(13)6-9/h3-6H,2,7H2,1H3,(H,14,15,17). The lowest BCUT2D eigenvalue weighted by Crippen LogP contribution is -2.20. The average molecular weight is 330 g/mol. The van der Waals surface area contributed by atoms with Gasteiger partial charge in [0.2, 0.25) is 5.13 Å². The Hall–Kier alpha value is -1.31. The highest BCUT2D eigenvalue weighted by Gasteiger charge is 2.09. The maximum absolute atomic E-state index is 11.7. The van der Waals surface area contributed by atoms with Crippen LogP contribution in [0, 0.1) is 0 Å². The van der Waals surface area contributed by atoms with E-state index in [-0.39, 0.29) is 12.5 Å². The van der Waals surface area contributed by atoms with E-state index < -0.39 is 0 Å². The van der Waals surface area contributed by atoms with Crippen LogP contribution in [0.2, 0.25) is 5.02 Å². The lowest BCUT2D eigenvalue weighted by Gasteiger charge is -2.05. The highest BCUT2D eigenvalue weighted by molar-refractivity contribution is 8.01. The zero-order valence-electron chi connectivity index (χ0n) is 10.6. The van der Waals surface area contributed by atoms with Gasteiger partial charge < -0.3 is 4.74 Å². The highest BCUT2D eigenvalue weighted by atomic mass is 35.5. The smallest absolute Gasteiger partial charge is 0.264 e. The quantitative estimate of drug-likeness (QED) is 0.650. The topological polar surface area (TPSA) is 64.1 Å². The van der Waals surface area contributed by atoms with Gasteiger partial charge in [-0.3, -0.25) is 10.1 Å². The van der Waals surface area contributed by atoms with Crippen LogP contribution >= 0.6 is 34.7 Å². The van der Waals surface area contributed by atoms with Gasteiger partial charge in [-0.2, -0.15) is 0 Å². The molecule has 1 aromatic heterocycles. The lowest BCUT2D eigenvalue weighted by molar-refractivity contribution is -0.118. The van der Waals surface area contributed by atoms with E-state index in [1.54, 1.807) is 36.0 Å². The van der Waals surface area contributed by atoms with E-state index in [0.717, 1.165) is 10.1 Å². The Morgan fingerprint density at radius 3 is 3.10 bits per heavy atom. The molecule has 0 saturated carbocycles. The second kappa shape index (κ2) is 7.47. The van der Waals surface area contributed by atoms with Crippen molar-refractivity contribution in [3.63, 3.8) is 0 Å². The minimum atomic E-state index is -0.283. The van der Waals surface area contributed by atoms with Crippen LogP contribution in [0.15, 0.2) is 28.6 Å². The van der Waals surface area contributed by atoms with Gasteiger partial charge in [0.1, 0.15) is 5.75 Å². The molecule has 1 aromatic carbocycles. The molecule has 0 saturated heterocycles. The van der Waals surface area contributed by atoms with Crippen molar-refractivity contribution in [1.82, 2.24) is 10.2 Å². The van der Waals surface area contributed by atoms with Crippen molar-refractivity contribution in [2.45, 2.75) is 11.3 Å². The summed E-state index contributed by atoms with van der Waals surface area (Å²) in [5.41, 5.74) is 0. The van der Waals surface area contributed by atoms with Crippen molar-refractivity contribution in [1.29, 1.82) is 0 Å². The first-order valence-corrected chi connectivity index (χ1v) is 8.00. The monoisotopic (exact) mass is 329 g/mol. The number of hydrogen-bond acceptors (Lipinski definition) is 6. The summed E-state index contributed by atoms with van der Waals surface area (Å²) in [4.78, 5) is 11.7. The number of aromatic nitrogens is 2. The first-order chi connectivity index (χ1) is 9.67. The predicted molar refractivity (Wildman–Crippen MR) is 81.9 cm³/mol. The van der Waals surface area contributed by atoms with E-state index in [0.29, 0.717) is 15.9 Å². The molecule has 2 aromatic rings. The van der Waals surface area contributed by atoms with Crippen LogP contribution in [0.4, 0.5) is 5.13 Å². The van der Waals surface area contributed by atoms with E-state index in [4.69, 9.17) is 16.3 Å². The van der Waals surface area contributed by atoms with Gasteiger partial charge in [-0.1, -0.05) is 47.7 Å². The number of ether oxygens (including phenoxy) is 1. The second-order valence-corrected chi connectivity index (χ2v) is 6.53. The summed E-state index contributed by atoms with van der Waals surface area (Å²) < 4.78 is 6.16. The number of rotatable bonds is 6. The van der Waals surface area contributed by atoms with Crippen molar-refractivity contribution in [2.24, 2.45) is 0 Å². The molecular weight excluding hydrogens is 318 g/mol. The fourth-order valence-corrected chi connectivity index (χ4v) is 3.15. The van der Waals surface area contributed by atoms with E-state index in [9.17, 15) is 4.79 Å². The molecule has 0 atom stereocenters. The van der Waals surface area contributed by atoms with Crippen LogP contribution in [0.25, 0.3) is 0 Å². The molecule has 0 radical (unpaired) electrons. The molecule has 0 bridgehead atoms. The van der Waals surface area contributed by atoms with Crippen molar-refractivity contribution >= 4 is 45.7 Å². The molecule has 0 aliphatic rings. The van der Waals surface area contributed by atoms with Crippen LogP contribution in [-0.2, 0) is 4.79 Å². The maximum Gasteiger partial charge on any atom is 0.264 e. The number of benzene rings is 1. The Balaban J connectivity index is 1.82. The Morgan fingerprint density at radius 2 is 2.35 bits per heavy atom.